The normalized spacial score (nSPS) is 10.9. The van der Waals surface area contributed by atoms with Crippen LogP contribution in [0, 0.1) is 18.6 Å². The van der Waals surface area contributed by atoms with E-state index in [1.807, 2.05) is 0 Å². The molecule has 0 radical (unpaired) electrons. The van der Waals surface area contributed by atoms with Crippen molar-refractivity contribution in [2.45, 2.75) is 6.92 Å². The zero-order chi connectivity index (χ0) is 11.2. The molecule has 0 atom stereocenters. The Labute approximate surface area is 89.7 Å². The van der Waals surface area contributed by atoms with Crippen molar-refractivity contribution in [1.29, 1.82) is 0 Å². The highest BCUT2D eigenvalue weighted by molar-refractivity contribution is 6.35. The van der Waals surface area contributed by atoms with Crippen LogP contribution in [0.3, 0.4) is 0 Å². The Morgan fingerprint density at radius 3 is 2.67 bits per heavy atom. The molecule has 0 saturated carbocycles. The third-order valence-electron chi connectivity index (χ3n) is 2.15. The molecular formula is C10H7ClF2N2. The summed E-state index contributed by atoms with van der Waals surface area (Å²) in [6.45, 7) is 1.61. The number of rotatable bonds is 0. The van der Waals surface area contributed by atoms with Crippen molar-refractivity contribution in [2.75, 3.05) is 5.73 Å². The summed E-state index contributed by atoms with van der Waals surface area (Å²) in [5.74, 6) is -1.44. The van der Waals surface area contributed by atoms with Crippen LogP contribution in [0.2, 0.25) is 5.02 Å². The van der Waals surface area contributed by atoms with Gasteiger partial charge in [-0.25, -0.2) is 13.8 Å². The molecule has 0 unspecified atom stereocenters. The van der Waals surface area contributed by atoms with Crippen LogP contribution in [0.15, 0.2) is 12.1 Å². The van der Waals surface area contributed by atoms with Crippen LogP contribution in [0.1, 0.15) is 5.69 Å². The van der Waals surface area contributed by atoms with Crippen LogP contribution >= 0.6 is 11.6 Å². The summed E-state index contributed by atoms with van der Waals surface area (Å²) in [5.41, 5.74) is 6.26. The van der Waals surface area contributed by atoms with Gasteiger partial charge in [0.1, 0.15) is 11.3 Å². The molecule has 0 fully saturated rings. The Kier molecular flexibility index (Phi) is 2.23. The molecule has 0 aliphatic carbocycles. The minimum Gasteiger partial charge on any atom is -0.397 e. The average molecular weight is 229 g/mol. The highest BCUT2D eigenvalue weighted by atomic mass is 35.5. The number of fused-ring (bicyclic) bond motifs is 1. The fourth-order valence-corrected chi connectivity index (χ4v) is 1.56. The van der Waals surface area contributed by atoms with E-state index >= 15 is 0 Å². The van der Waals surface area contributed by atoms with Gasteiger partial charge in [-0.3, -0.25) is 0 Å². The largest absolute Gasteiger partial charge is 0.397 e. The van der Waals surface area contributed by atoms with Gasteiger partial charge in [-0.15, -0.1) is 0 Å². The van der Waals surface area contributed by atoms with Gasteiger partial charge in [0.25, 0.3) is 0 Å². The van der Waals surface area contributed by atoms with Gasteiger partial charge in [-0.1, -0.05) is 11.6 Å². The summed E-state index contributed by atoms with van der Waals surface area (Å²) < 4.78 is 26.3. The van der Waals surface area contributed by atoms with E-state index in [1.165, 1.54) is 0 Å². The zero-order valence-corrected chi connectivity index (χ0v) is 8.57. The minimum absolute atomic E-state index is 0.0378. The number of aromatic nitrogens is 1. The van der Waals surface area contributed by atoms with Gasteiger partial charge in [-0.05, 0) is 13.0 Å². The number of pyridine rings is 1. The molecule has 2 rings (SSSR count). The van der Waals surface area contributed by atoms with Crippen molar-refractivity contribution < 1.29 is 8.78 Å². The third kappa shape index (κ3) is 1.51. The van der Waals surface area contributed by atoms with Crippen molar-refractivity contribution >= 4 is 28.2 Å². The molecule has 0 spiro atoms. The van der Waals surface area contributed by atoms with Crippen LogP contribution in [0.4, 0.5) is 14.5 Å². The number of nitrogens with zero attached hydrogens (tertiary/aromatic N) is 1. The number of halogens is 3. The molecule has 78 valence electrons. The van der Waals surface area contributed by atoms with Gasteiger partial charge >= 0.3 is 0 Å². The Morgan fingerprint density at radius 2 is 2.00 bits per heavy atom. The molecule has 0 amide bonds. The average Bonchev–Trinajstić information content (AvgIpc) is 2.17. The molecule has 15 heavy (non-hydrogen) atoms. The molecule has 0 aliphatic rings. The Morgan fingerprint density at radius 1 is 1.33 bits per heavy atom. The van der Waals surface area contributed by atoms with Gasteiger partial charge in [-0.2, -0.15) is 0 Å². The SMILES string of the molecule is Cc1nc2c(F)cc(F)cc2c(N)c1Cl. The maximum atomic E-state index is 13.3. The van der Waals surface area contributed by atoms with Gasteiger partial charge in [0.2, 0.25) is 0 Å². The fraction of sp³-hybridized carbons (Fsp3) is 0.100. The van der Waals surface area contributed by atoms with E-state index in [4.69, 9.17) is 17.3 Å². The maximum absolute atomic E-state index is 13.3. The van der Waals surface area contributed by atoms with E-state index in [1.54, 1.807) is 6.92 Å². The molecule has 0 saturated heterocycles. The summed E-state index contributed by atoms with van der Waals surface area (Å²) in [5, 5.41) is 0.426. The van der Waals surface area contributed by atoms with E-state index in [0.29, 0.717) is 5.69 Å². The van der Waals surface area contributed by atoms with Gasteiger partial charge in [0, 0.05) is 11.5 Å². The summed E-state index contributed by atoms with van der Waals surface area (Å²) >= 11 is 5.83. The zero-order valence-electron chi connectivity index (χ0n) is 7.81. The lowest BCUT2D eigenvalue weighted by atomic mass is 10.1. The lowest BCUT2D eigenvalue weighted by Crippen LogP contribution is -1.97. The molecule has 0 bridgehead atoms. The van der Waals surface area contributed by atoms with Gasteiger partial charge < -0.3 is 5.73 Å². The first-order chi connectivity index (χ1) is 7.00. The Bertz CT molecular complexity index is 555. The molecule has 2 nitrogen and oxygen atoms in total. The maximum Gasteiger partial charge on any atom is 0.152 e. The van der Waals surface area contributed by atoms with E-state index in [-0.39, 0.29) is 21.6 Å². The van der Waals surface area contributed by atoms with E-state index in [2.05, 4.69) is 4.98 Å². The molecule has 1 aromatic carbocycles. The quantitative estimate of drug-likeness (QED) is 0.753. The lowest BCUT2D eigenvalue weighted by Gasteiger charge is -2.07. The first kappa shape index (κ1) is 10.1. The number of hydrogen-bond donors (Lipinski definition) is 1. The number of aryl methyl sites for hydroxylation is 1. The summed E-state index contributed by atoms with van der Waals surface area (Å²) in [7, 11) is 0. The second-order valence-corrected chi connectivity index (χ2v) is 3.59. The van der Waals surface area contributed by atoms with Gasteiger partial charge in [0.05, 0.1) is 16.4 Å². The predicted molar refractivity (Wildman–Crippen MR) is 55.8 cm³/mol. The molecule has 2 aromatic rings. The van der Waals surface area contributed by atoms with Crippen molar-refractivity contribution in [3.63, 3.8) is 0 Å². The third-order valence-corrected chi connectivity index (χ3v) is 2.63. The van der Waals surface area contributed by atoms with Crippen LogP contribution in [-0.2, 0) is 0 Å². The molecule has 5 heteroatoms. The number of anilines is 1. The Hall–Kier alpha value is -1.42. The molecule has 0 aliphatic heterocycles. The second kappa shape index (κ2) is 3.31. The smallest absolute Gasteiger partial charge is 0.152 e. The summed E-state index contributed by atoms with van der Waals surface area (Å²) in [6, 6.07) is 1.88. The van der Waals surface area contributed by atoms with Crippen molar-refractivity contribution in [1.82, 2.24) is 4.98 Å². The predicted octanol–water partition coefficient (Wildman–Crippen LogP) is 3.06. The van der Waals surface area contributed by atoms with Gasteiger partial charge in [0.15, 0.2) is 5.82 Å². The molecule has 1 heterocycles. The minimum atomic E-state index is -0.739. The highest BCUT2D eigenvalue weighted by Gasteiger charge is 2.12. The topological polar surface area (TPSA) is 38.9 Å². The number of nitrogen functional groups attached to an aromatic ring is 1. The van der Waals surface area contributed by atoms with E-state index in [0.717, 1.165) is 12.1 Å². The van der Waals surface area contributed by atoms with Crippen molar-refractivity contribution in [2.24, 2.45) is 0 Å². The fourth-order valence-electron chi connectivity index (χ4n) is 1.41. The number of nitrogens with two attached hydrogens (primary N) is 1. The van der Waals surface area contributed by atoms with Crippen molar-refractivity contribution in [3.05, 3.63) is 34.5 Å². The highest BCUT2D eigenvalue weighted by Crippen LogP contribution is 2.31. The number of benzene rings is 1. The lowest BCUT2D eigenvalue weighted by molar-refractivity contribution is 0.590. The molecular weight excluding hydrogens is 222 g/mol. The molecule has 2 N–H and O–H groups in total. The first-order valence-electron chi connectivity index (χ1n) is 4.21. The van der Waals surface area contributed by atoms with Crippen LogP contribution in [0.25, 0.3) is 10.9 Å². The van der Waals surface area contributed by atoms with Crippen LogP contribution < -0.4 is 5.73 Å². The second-order valence-electron chi connectivity index (χ2n) is 3.21. The van der Waals surface area contributed by atoms with Crippen LogP contribution in [0.5, 0.6) is 0 Å². The monoisotopic (exact) mass is 228 g/mol. The number of hydrogen-bond acceptors (Lipinski definition) is 2. The Balaban J connectivity index is 2.98. The van der Waals surface area contributed by atoms with E-state index < -0.39 is 11.6 Å². The van der Waals surface area contributed by atoms with Crippen LogP contribution in [-0.4, -0.2) is 4.98 Å². The van der Waals surface area contributed by atoms with E-state index in [9.17, 15) is 8.78 Å². The summed E-state index contributed by atoms with van der Waals surface area (Å²) in [6.07, 6.45) is 0. The standard InChI is InChI=1S/C10H7ClF2N2/c1-4-8(11)9(14)6-2-5(12)3-7(13)10(6)15-4/h2-3H,1H3,(H2,14,15). The van der Waals surface area contributed by atoms with Crippen molar-refractivity contribution in [3.8, 4) is 0 Å². The summed E-state index contributed by atoms with van der Waals surface area (Å²) in [4.78, 5) is 3.92. The molecule has 1 aromatic heterocycles. The first-order valence-corrected chi connectivity index (χ1v) is 4.59.